The van der Waals surface area contributed by atoms with Crippen molar-refractivity contribution in [3.8, 4) is 0 Å². The van der Waals surface area contributed by atoms with E-state index in [0.717, 1.165) is 12.1 Å². The molecule has 2 N–H and O–H groups in total. The number of rotatable bonds is 3. The average Bonchev–Trinajstić information content (AvgIpc) is 2.66. The second-order valence-corrected chi connectivity index (χ2v) is 3.65. The topological polar surface area (TPSA) is 82.0 Å². The van der Waals surface area contributed by atoms with Gasteiger partial charge in [0.25, 0.3) is 0 Å². The fourth-order valence-electron chi connectivity index (χ4n) is 1.80. The molecule has 0 spiro atoms. The molecule has 0 aliphatic rings. The van der Waals surface area contributed by atoms with Crippen molar-refractivity contribution in [3.05, 3.63) is 18.1 Å². The van der Waals surface area contributed by atoms with Gasteiger partial charge in [0, 0.05) is 18.2 Å². The van der Waals surface area contributed by atoms with Crippen LogP contribution >= 0.6 is 0 Å². The molecule has 0 aliphatic heterocycles. The zero-order valence-electron chi connectivity index (χ0n) is 8.83. The number of tetrazole rings is 1. The van der Waals surface area contributed by atoms with Gasteiger partial charge in [-0.05, 0) is 23.8 Å². The molecule has 0 saturated carbocycles. The highest BCUT2D eigenvalue weighted by molar-refractivity contribution is 5.33. The lowest BCUT2D eigenvalue weighted by Gasteiger charge is -2.18. The minimum absolute atomic E-state index is 0.0617. The number of nitrogens with two attached hydrogens (primary N) is 1. The van der Waals surface area contributed by atoms with E-state index in [2.05, 4.69) is 27.4 Å². The Morgan fingerprint density at radius 3 is 2.93 bits per heavy atom. The maximum atomic E-state index is 5.93. The summed E-state index contributed by atoms with van der Waals surface area (Å²) in [6, 6.07) is 0.0617. The molecule has 2 atom stereocenters. The third-order valence-corrected chi connectivity index (χ3v) is 2.59. The first-order valence-electron chi connectivity index (χ1n) is 5.01. The summed E-state index contributed by atoms with van der Waals surface area (Å²) in [6.45, 7) is 4.08. The second kappa shape index (κ2) is 3.90. The highest BCUT2D eigenvalue weighted by Gasteiger charge is 2.18. The number of hydrogen-bond acceptors (Lipinski definition) is 5. The third kappa shape index (κ3) is 1.68. The Kier molecular flexibility index (Phi) is 2.59. The lowest BCUT2D eigenvalue weighted by atomic mass is 9.95. The molecule has 0 fully saturated rings. The molecular weight excluding hydrogens is 192 g/mol. The van der Waals surface area contributed by atoms with E-state index in [1.807, 2.05) is 6.92 Å². The van der Waals surface area contributed by atoms with Crippen LogP contribution in [0.4, 0.5) is 0 Å². The number of fused-ring (bicyclic) bond motifs is 1. The summed E-state index contributed by atoms with van der Waals surface area (Å²) in [4.78, 5) is 4.12. The van der Waals surface area contributed by atoms with Gasteiger partial charge in [0.1, 0.15) is 0 Å². The Labute approximate surface area is 87.5 Å². The van der Waals surface area contributed by atoms with Gasteiger partial charge in [0.15, 0.2) is 5.65 Å². The molecule has 2 unspecified atom stereocenters. The molecule has 80 valence electrons. The molecule has 2 rings (SSSR count). The van der Waals surface area contributed by atoms with E-state index in [0.29, 0.717) is 5.65 Å². The van der Waals surface area contributed by atoms with Gasteiger partial charge in [-0.15, -0.1) is 5.10 Å². The maximum absolute atomic E-state index is 5.93. The molecule has 0 amide bonds. The molecule has 0 saturated heterocycles. The summed E-state index contributed by atoms with van der Waals surface area (Å²) < 4.78 is 1.70. The quantitative estimate of drug-likeness (QED) is 0.784. The predicted molar refractivity (Wildman–Crippen MR) is 55.3 cm³/mol. The minimum atomic E-state index is 0.0617. The highest BCUT2D eigenvalue weighted by atomic mass is 15.5. The highest BCUT2D eigenvalue weighted by Crippen LogP contribution is 2.20. The molecule has 2 aromatic heterocycles. The van der Waals surface area contributed by atoms with E-state index in [9.17, 15) is 0 Å². The molecule has 6 heteroatoms. The molecule has 0 radical (unpaired) electrons. The summed E-state index contributed by atoms with van der Waals surface area (Å²) in [7, 11) is 0. The van der Waals surface area contributed by atoms with Gasteiger partial charge in [0.05, 0.1) is 11.9 Å². The Balaban J connectivity index is 2.54. The zero-order valence-corrected chi connectivity index (χ0v) is 8.83. The Hall–Kier alpha value is -1.56. The summed E-state index contributed by atoms with van der Waals surface area (Å²) >= 11 is 0. The van der Waals surface area contributed by atoms with Crippen LogP contribution in [0.2, 0.25) is 0 Å². The smallest absolute Gasteiger partial charge is 0.197 e. The fraction of sp³-hybridized carbons (Fsp3) is 0.556. The van der Waals surface area contributed by atoms with Crippen molar-refractivity contribution in [2.24, 2.45) is 5.73 Å². The molecule has 0 aromatic carbocycles. The first-order chi connectivity index (χ1) is 7.24. The Morgan fingerprint density at radius 2 is 2.27 bits per heavy atom. The van der Waals surface area contributed by atoms with E-state index in [-0.39, 0.29) is 12.0 Å². The van der Waals surface area contributed by atoms with Gasteiger partial charge < -0.3 is 5.73 Å². The molecule has 2 aromatic rings. The monoisotopic (exact) mass is 206 g/mol. The number of aromatic nitrogens is 5. The predicted octanol–water partition coefficient (Wildman–Crippen LogP) is 0.360. The summed E-state index contributed by atoms with van der Waals surface area (Å²) in [5.41, 5.74) is 7.56. The Bertz CT molecular complexity index is 449. The first kappa shape index (κ1) is 9.97. The van der Waals surface area contributed by atoms with E-state index >= 15 is 0 Å². The molecule has 6 nitrogen and oxygen atoms in total. The molecule has 15 heavy (non-hydrogen) atoms. The van der Waals surface area contributed by atoms with Crippen LogP contribution in [0.1, 0.15) is 31.9 Å². The van der Waals surface area contributed by atoms with Crippen LogP contribution in [-0.2, 0) is 0 Å². The van der Waals surface area contributed by atoms with Crippen LogP contribution in [0.15, 0.2) is 12.4 Å². The van der Waals surface area contributed by atoms with Crippen LogP contribution < -0.4 is 5.73 Å². The van der Waals surface area contributed by atoms with Crippen LogP contribution in [0, 0.1) is 0 Å². The van der Waals surface area contributed by atoms with Gasteiger partial charge in [-0.1, -0.05) is 6.92 Å². The van der Waals surface area contributed by atoms with Gasteiger partial charge in [-0.2, -0.15) is 4.52 Å². The SMILES string of the molecule is CCC(c1cncc2nnnn12)C(C)N. The summed E-state index contributed by atoms with van der Waals surface area (Å²) in [6.07, 6.45) is 4.36. The largest absolute Gasteiger partial charge is 0.327 e. The van der Waals surface area contributed by atoms with Crippen molar-refractivity contribution in [2.45, 2.75) is 32.2 Å². The van der Waals surface area contributed by atoms with Crippen LogP contribution in [0.25, 0.3) is 5.65 Å². The molecule has 0 bridgehead atoms. The third-order valence-electron chi connectivity index (χ3n) is 2.59. The van der Waals surface area contributed by atoms with Crippen LogP contribution in [0.3, 0.4) is 0 Å². The zero-order chi connectivity index (χ0) is 10.8. The van der Waals surface area contributed by atoms with Crippen molar-refractivity contribution < 1.29 is 0 Å². The van der Waals surface area contributed by atoms with E-state index in [1.165, 1.54) is 0 Å². The number of hydrogen-bond donors (Lipinski definition) is 1. The van der Waals surface area contributed by atoms with Crippen LogP contribution in [-0.4, -0.2) is 31.1 Å². The van der Waals surface area contributed by atoms with E-state index in [1.54, 1.807) is 16.9 Å². The molecular formula is C9H14N6. The fourth-order valence-corrected chi connectivity index (χ4v) is 1.80. The summed E-state index contributed by atoms with van der Waals surface area (Å²) in [5, 5.41) is 11.4. The first-order valence-corrected chi connectivity index (χ1v) is 5.01. The van der Waals surface area contributed by atoms with Crippen molar-refractivity contribution in [1.29, 1.82) is 0 Å². The van der Waals surface area contributed by atoms with E-state index in [4.69, 9.17) is 5.73 Å². The minimum Gasteiger partial charge on any atom is -0.327 e. The molecule has 0 aliphatic carbocycles. The standard InChI is InChI=1S/C9H14N6/c1-3-7(6(2)10)8-4-11-5-9-12-13-14-15(8)9/h4-7H,3,10H2,1-2H3. The van der Waals surface area contributed by atoms with Gasteiger partial charge >= 0.3 is 0 Å². The average molecular weight is 206 g/mol. The van der Waals surface area contributed by atoms with Crippen molar-refractivity contribution in [2.75, 3.05) is 0 Å². The van der Waals surface area contributed by atoms with Crippen LogP contribution in [0.5, 0.6) is 0 Å². The second-order valence-electron chi connectivity index (χ2n) is 3.65. The van der Waals surface area contributed by atoms with Gasteiger partial charge in [-0.3, -0.25) is 4.98 Å². The Morgan fingerprint density at radius 1 is 1.47 bits per heavy atom. The maximum Gasteiger partial charge on any atom is 0.197 e. The normalized spacial score (nSPS) is 15.4. The van der Waals surface area contributed by atoms with Crippen molar-refractivity contribution in [1.82, 2.24) is 25.0 Å². The van der Waals surface area contributed by atoms with Gasteiger partial charge in [0.2, 0.25) is 0 Å². The van der Waals surface area contributed by atoms with Crippen molar-refractivity contribution in [3.63, 3.8) is 0 Å². The lowest BCUT2D eigenvalue weighted by molar-refractivity contribution is 0.522. The van der Waals surface area contributed by atoms with Gasteiger partial charge in [-0.25, -0.2) is 0 Å². The van der Waals surface area contributed by atoms with E-state index < -0.39 is 0 Å². The molecule has 2 heterocycles. The number of nitrogens with zero attached hydrogens (tertiary/aromatic N) is 5. The summed E-state index contributed by atoms with van der Waals surface area (Å²) in [5.74, 6) is 0.227. The lowest BCUT2D eigenvalue weighted by Crippen LogP contribution is -2.26. The van der Waals surface area contributed by atoms with Crippen molar-refractivity contribution >= 4 is 5.65 Å².